The van der Waals surface area contributed by atoms with Crippen molar-refractivity contribution in [3.05, 3.63) is 17.5 Å². The van der Waals surface area contributed by atoms with Gasteiger partial charge in [0.15, 0.2) is 0 Å². The zero-order chi connectivity index (χ0) is 12.5. The number of hydrogen-bond donors (Lipinski definition) is 0. The van der Waals surface area contributed by atoms with E-state index in [4.69, 9.17) is 0 Å². The fraction of sp³-hybridized carbons (Fsp3) is 0.786. The van der Waals surface area contributed by atoms with E-state index in [1.165, 1.54) is 38.2 Å². The van der Waals surface area contributed by atoms with Gasteiger partial charge in [-0.15, -0.1) is 0 Å². The minimum absolute atomic E-state index is 0.783. The summed E-state index contributed by atoms with van der Waals surface area (Å²) in [5.74, 6) is 0. The van der Waals surface area contributed by atoms with Crippen molar-refractivity contribution in [1.82, 2.24) is 19.6 Å². The average molecular weight is 248 g/mol. The molecule has 0 aromatic carbocycles. The molecule has 1 aromatic heterocycles. The van der Waals surface area contributed by atoms with Crippen molar-refractivity contribution in [3.63, 3.8) is 0 Å². The Morgan fingerprint density at radius 1 is 1.33 bits per heavy atom. The van der Waals surface area contributed by atoms with Crippen LogP contribution in [0.25, 0.3) is 0 Å². The fourth-order valence-corrected chi connectivity index (χ4v) is 3.44. The molecule has 0 unspecified atom stereocenters. The van der Waals surface area contributed by atoms with E-state index in [0.717, 1.165) is 31.4 Å². The molecular weight excluding hydrogens is 224 g/mol. The Balaban J connectivity index is 1.62. The maximum absolute atomic E-state index is 4.53. The van der Waals surface area contributed by atoms with Gasteiger partial charge >= 0.3 is 0 Å². The second-order valence-electron chi connectivity index (χ2n) is 5.66. The molecule has 0 aliphatic carbocycles. The molecule has 0 N–H and O–H groups in total. The predicted octanol–water partition coefficient (Wildman–Crippen LogP) is 1.49. The number of likely N-dealkylation sites (tertiary alicyclic amines) is 1. The topological polar surface area (TPSA) is 24.3 Å². The molecule has 0 bridgehead atoms. The maximum atomic E-state index is 4.53. The summed E-state index contributed by atoms with van der Waals surface area (Å²) in [6.07, 6.45) is 2.76. The van der Waals surface area contributed by atoms with Crippen molar-refractivity contribution in [2.45, 2.75) is 45.8 Å². The smallest absolute Gasteiger partial charge is 0.0597 e. The summed E-state index contributed by atoms with van der Waals surface area (Å²) in [7, 11) is 0. The van der Waals surface area contributed by atoms with Crippen molar-refractivity contribution in [3.8, 4) is 0 Å². The summed E-state index contributed by atoms with van der Waals surface area (Å²) < 4.78 is 2.18. The lowest BCUT2D eigenvalue weighted by molar-refractivity contribution is 0.148. The Kier molecular flexibility index (Phi) is 3.39. The molecule has 18 heavy (non-hydrogen) atoms. The van der Waals surface area contributed by atoms with Crippen LogP contribution in [-0.4, -0.2) is 51.8 Å². The molecule has 0 saturated carbocycles. The Bertz CT molecular complexity index is 412. The Hall–Kier alpha value is -0.870. The highest BCUT2D eigenvalue weighted by molar-refractivity contribution is 5.10. The lowest BCUT2D eigenvalue weighted by Crippen LogP contribution is -2.43. The molecule has 3 heterocycles. The summed E-state index contributed by atoms with van der Waals surface area (Å²) in [6, 6.07) is 3.02. The van der Waals surface area contributed by atoms with Gasteiger partial charge in [-0.05, 0) is 38.9 Å². The van der Waals surface area contributed by atoms with E-state index >= 15 is 0 Å². The van der Waals surface area contributed by atoms with Crippen LogP contribution in [0.2, 0.25) is 0 Å². The summed E-state index contributed by atoms with van der Waals surface area (Å²) in [5, 5.41) is 4.53. The van der Waals surface area contributed by atoms with Gasteiger partial charge in [0, 0.05) is 25.7 Å². The molecule has 1 fully saturated rings. The highest BCUT2D eigenvalue weighted by Gasteiger charge is 2.26. The fourth-order valence-electron chi connectivity index (χ4n) is 3.44. The number of likely N-dealkylation sites (N-methyl/N-ethyl adjacent to an activating group) is 1. The van der Waals surface area contributed by atoms with Gasteiger partial charge in [0.2, 0.25) is 0 Å². The first-order chi connectivity index (χ1) is 8.76. The van der Waals surface area contributed by atoms with E-state index in [1.54, 1.807) is 0 Å². The number of hydrogen-bond acceptors (Lipinski definition) is 3. The van der Waals surface area contributed by atoms with E-state index in [2.05, 4.69) is 39.5 Å². The molecule has 100 valence electrons. The Labute approximate surface area is 110 Å². The van der Waals surface area contributed by atoms with Gasteiger partial charge in [0.1, 0.15) is 0 Å². The molecular formula is C14H24N4. The van der Waals surface area contributed by atoms with Crippen molar-refractivity contribution in [2.75, 3.05) is 26.2 Å². The van der Waals surface area contributed by atoms with Gasteiger partial charge in [-0.1, -0.05) is 6.92 Å². The molecule has 2 aliphatic heterocycles. The molecule has 3 rings (SSSR count). The number of nitrogens with zero attached hydrogens (tertiary/aromatic N) is 4. The van der Waals surface area contributed by atoms with E-state index < -0.39 is 0 Å². The zero-order valence-electron chi connectivity index (χ0n) is 11.6. The van der Waals surface area contributed by atoms with Gasteiger partial charge in [0.25, 0.3) is 0 Å². The summed E-state index contributed by atoms with van der Waals surface area (Å²) in [4.78, 5) is 5.24. The van der Waals surface area contributed by atoms with E-state index in [9.17, 15) is 0 Å². The SMILES string of the molecule is CCN1CCC[C@H]1CN1CCn2nc(C)cc2C1. The third-order valence-corrected chi connectivity index (χ3v) is 4.37. The predicted molar refractivity (Wildman–Crippen MR) is 72.5 cm³/mol. The molecule has 0 spiro atoms. The monoisotopic (exact) mass is 248 g/mol. The lowest BCUT2D eigenvalue weighted by Gasteiger charge is -2.32. The molecule has 1 atom stereocenters. The third kappa shape index (κ3) is 2.31. The number of aryl methyl sites for hydroxylation is 1. The van der Waals surface area contributed by atoms with Crippen molar-refractivity contribution >= 4 is 0 Å². The molecule has 4 nitrogen and oxygen atoms in total. The zero-order valence-corrected chi connectivity index (χ0v) is 11.6. The average Bonchev–Trinajstić information content (AvgIpc) is 2.93. The van der Waals surface area contributed by atoms with E-state index in [1.807, 2.05) is 0 Å². The maximum Gasteiger partial charge on any atom is 0.0597 e. The lowest BCUT2D eigenvalue weighted by atomic mass is 10.2. The normalized spacial score (nSPS) is 25.6. The summed E-state index contributed by atoms with van der Waals surface area (Å²) >= 11 is 0. The number of aromatic nitrogens is 2. The van der Waals surface area contributed by atoms with Crippen molar-refractivity contribution in [1.29, 1.82) is 0 Å². The van der Waals surface area contributed by atoms with Crippen LogP contribution in [-0.2, 0) is 13.1 Å². The van der Waals surface area contributed by atoms with Crippen LogP contribution >= 0.6 is 0 Å². The van der Waals surface area contributed by atoms with Crippen LogP contribution in [0.4, 0.5) is 0 Å². The standard InChI is InChI=1S/C14H24N4/c1-3-17-6-4-5-13(17)10-16-7-8-18-14(11-16)9-12(2)15-18/h9,13H,3-8,10-11H2,1-2H3/t13-/m0/s1. The molecule has 0 radical (unpaired) electrons. The van der Waals surface area contributed by atoms with Gasteiger partial charge in [0.05, 0.1) is 17.9 Å². The molecule has 0 amide bonds. The summed E-state index contributed by atoms with van der Waals surface area (Å²) in [6.45, 7) is 11.4. The minimum Gasteiger partial charge on any atom is -0.299 e. The second kappa shape index (κ2) is 5.02. The van der Waals surface area contributed by atoms with Crippen LogP contribution < -0.4 is 0 Å². The van der Waals surface area contributed by atoms with Gasteiger partial charge in [-0.2, -0.15) is 5.10 Å². The first-order valence-electron chi connectivity index (χ1n) is 7.26. The van der Waals surface area contributed by atoms with Gasteiger partial charge in [-0.25, -0.2) is 0 Å². The Morgan fingerprint density at radius 3 is 3.06 bits per heavy atom. The Morgan fingerprint density at radius 2 is 2.22 bits per heavy atom. The van der Waals surface area contributed by atoms with Crippen LogP contribution in [0.5, 0.6) is 0 Å². The van der Waals surface area contributed by atoms with Crippen molar-refractivity contribution < 1.29 is 0 Å². The third-order valence-electron chi connectivity index (χ3n) is 4.37. The quantitative estimate of drug-likeness (QED) is 0.810. The first-order valence-corrected chi connectivity index (χ1v) is 7.26. The van der Waals surface area contributed by atoms with Gasteiger partial charge < -0.3 is 0 Å². The van der Waals surface area contributed by atoms with E-state index in [-0.39, 0.29) is 0 Å². The largest absolute Gasteiger partial charge is 0.299 e. The minimum atomic E-state index is 0.783. The highest BCUT2D eigenvalue weighted by Crippen LogP contribution is 2.20. The van der Waals surface area contributed by atoms with Crippen LogP contribution in [0.15, 0.2) is 6.07 Å². The van der Waals surface area contributed by atoms with Crippen molar-refractivity contribution in [2.24, 2.45) is 0 Å². The molecule has 1 aromatic rings. The van der Waals surface area contributed by atoms with Crippen LogP contribution in [0.1, 0.15) is 31.2 Å². The number of rotatable bonds is 3. The first kappa shape index (κ1) is 12.2. The second-order valence-corrected chi connectivity index (χ2v) is 5.66. The van der Waals surface area contributed by atoms with Crippen LogP contribution in [0.3, 0.4) is 0 Å². The number of fused-ring (bicyclic) bond motifs is 1. The van der Waals surface area contributed by atoms with E-state index in [0.29, 0.717) is 0 Å². The molecule has 2 aliphatic rings. The van der Waals surface area contributed by atoms with Gasteiger partial charge in [-0.3, -0.25) is 14.5 Å². The molecule has 1 saturated heterocycles. The summed E-state index contributed by atoms with van der Waals surface area (Å²) in [5.41, 5.74) is 2.54. The van der Waals surface area contributed by atoms with Crippen LogP contribution in [0, 0.1) is 6.92 Å². The molecule has 4 heteroatoms. The highest BCUT2D eigenvalue weighted by atomic mass is 15.3.